The number of nitrogens with zero attached hydrogens (tertiary/aromatic N) is 1. The van der Waals surface area contributed by atoms with Crippen LogP contribution in [0.5, 0.6) is 0 Å². The summed E-state index contributed by atoms with van der Waals surface area (Å²) in [7, 11) is 0. The zero-order valence-electron chi connectivity index (χ0n) is 16.0. The van der Waals surface area contributed by atoms with E-state index < -0.39 is 0 Å². The van der Waals surface area contributed by atoms with Crippen LogP contribution in [0.4, 0.5) is 0 Å². The summed E-state index contributed by atoms with van der Waals surface area (Å²) in [5.41, 5.74) is 2.06. The lowest BCUT2D eigenvalue weighted by Crippen LogP contribution is -2.45. The molecule has 0 aliphatic rings. The lowest BCUT2D eigenvalue weighted by Gasteiger charge is -2.35. The zero-order valence-corrected chi connectivity index (χ0v) is 16.8. The molecule has 0 unspecified atom stereocenters. The van der Waals surface area contributed by atoms with E-state index in [2.05, 4.69) is 45.9 Å². The molecule has 2 aromatic carbocycles. The van der Waals surface area contributed by atoms with Crippen LogP contribution in [0.25, 0.3) is 6.08 Å². The summed E-state index contributed by atoms with van der Waals surface area (Å²) in [6.45, 7) is 8.88. The molecule has 0 saturated heterocycles. The van der Waals surface area contributed by atoms with Crippen LogP contribution in [-0.4, -0.2) is 22.9 Å². The molecule has 0 fully saturated rings. The van der Waals surface area contributed by atoms with Gasteiger partial charge in [-0.3, -0.25) is 4.79 Å². The van der Waals surface area contributed by atoms with E-state index in [4.69, 9.17) is 0 Å². The SMILES string of the molecule is CC(=Cc1ccccc1)CN(C(=O)C=CSc1ccccc1)C(C)(C)C. The summed E-state index contributed by atoms with van der Waals surface area (Å²) in [5, 5.41) is 1.87. The highest BCUT2D eigenvalue weighted by molar-refractivity contribution is 8.02. The summed E-state index contributed by atoms with van der Waals surface area (Å²) in [5.74, 6) is 0.0294. The molecule has 0 N–H and O–H groups in total. The Morgan fingerprint density at radius 2 is 1.58 bits per heavy atom. The molecule has 0 bridgehead atoms. The van der Waals surface area contributed by atoms with Crippen LogP contribution < -0.4 is 0 Å². The van der Waals surface area contributed by atoms with E-state index in [1.807, 2.05) is 58.8 Å². The van der Waals surface area contributed by atoms with E-state index in [0.717, 1.165) is 16.0 Å². The average Bonchev–Trinajstić information content (AvgIpc) is 2.60. The van der Waals surface area contributed by atoms with Gasteiger partial charge in [-0.15, -0.1) is 0 Å². The molecule has 0 atom stereocenters. The van der Waals surface area contributed by atoms with Crippen molar-refractivity contribution in [1.82, 2.24) is 4.90 Å². The number of amides is 1. The van der Waals surface area contributed by atoms with Gasteiger partial charge < -0.3 is 4.90 Å². The van der Waals surface area contributed by atoms with Crippen molar-refractivity contribution >= 4 is 23.7 Å². The van der Waals surface area contributed by atoms with Crippen molar-refractivity contribution in [3.8, 4) is 0 Å². The summed E-state index contributed by atoms with van der Waals surface area (Å²) in [4.78, 5) is 15.8. The molecule has 0 aliphatic heterocycles. The van der Waals surface area contributed by atoms with Gasteiger partial charge in [-0.1, -0.05) is 71.9 Å². The molecule has 2 rings (SSSR count). The Labute approximate surface area is 161 Å². The van der Waals surface area contributed by atoms with Gasteiger partial charge in [0, 0.05) is 23.1 Å². The predicted octanol–water partition coefficient (Wildman–Crippen LogP) is 6.02. The number of hydrogen-bond acceptors (Lipinski definition) is 2. The molecule has 0 heterocycles. The largest absolute Gasteiger partial charge is 0.330 e. The van der Waals surface area contributed by atoms with E-state index in [1.165, 1.54) is 0 Å². The number of carbonyl (C=O) groups is 1. The molecule has 0 aromatic heterocycles. The first kappa shape index (κ1) is 20.1. The molecule has 26 heavy (non-hydrogen) atoms. The van der Waals surface area contributed by atoms with Gasteiger partial charge in [-0.25, -0.2) is 0 Å². The fourth-order valence-electron chi connectivity index (χ4n) is 2.53. The van der Waals surface area contributed by atoms with Crippen LogP contribution >= 0.6 is 11.8 Å². The molecule has 2 nitrogen and oxygen atoms in total. The summed E-state index contributed by atoms with van der Waals surface area (Å²) < 4.78 is 0. The van der Waals surface area contributed by atoms with Crippen LogP contribution in [0.1, 0.15) is 33.3 Å². The summed E-state index contributed by atoms with van der Waals surface area (Å²) in [6.07, 6.45) is 3.80. The van der Waals surface area contributed by atoms with Crippen LogP contribution in [0.15, 0.2) is 82.6 Å². The van der Waals surface area contributed by atoms with E-state index in [-0.39, 0.29) is 11.4 Å². The molecule has 0 radical (unpaired) electrons. The number of carbonyl (C=O) groups excluding carboxylic acids is 1. The van der Waals surface area contributed by atoms with Crippen molar-refractivity contribution in [1.29, 1.82) is 0 Å². The third-order valence-electron chi connectivity index (χ3n) is 3.85. The first-order chi connectivity index (χ1) is 12.4. The number of benzene rings is 2. The molecule has 0 aliphatic carbocycles. The van der Waals surface area contributed by atoms with Crippen LogP contribution in [-0.2, 0) is 4.79 Å². The minimum absolute atomic E-state index is 0.0294. The molecule has 2 aromatic rings. The maximum Gasteiger partial charge on any atom is 0.247 e. The van der Waals surface area contributed by atoms with Gasteiger partial charge in [-0.2, -0.15) is 0 Å². The third-order valence-corrected chi connectivity index (χ3v) is 4.67. The van der Waals surface area contributed by atoms with Gasteiger partial charge in [0.2, 0.25) is 5.91 Å². The lowest BCUT2D eigenvalue weighted by molar-refractivity contribution is -0.129. The number of hydrogen-bond donors (Lipinski definition) is 0. The van der Waals surface area contributed by atoms with Gasteiger partial charge in [0.25, 0.3) is 0 Å². The predicted molar refractivity (Wildman–Crippen MR) is 113 cm³/mol. The van der Waals surface area contributed by atoms with Gasteiger partial charge in [0.05, 0.1) is 0 Å². The van der Waals surface area contributed by atoms with Gasteiger partial charge in [0.15, 0.2) is 0 Å². The Morgan fingerprint density at radius 1 is 1.00 bits per heavy atom. The summed E-state index contributed by atoms with van der Waals surface area (Å²) >= 11 is 1.56. The Morgan fingerprint density at radius 3 is 2.15 bits per heavy atom. The van der Waals surface area contributed by atoms with Crippen molar-refractivity contribution in [3.63, 3.8) is 0 Å². The number of rotatable bonds is 6. The van der Waals surface area contributed by atoms with Crippen molar-refractivity contribution < 1.29 is 4.79 Å². The second-order valence-corrected chi connectivity index (χ2v) is 8.21. The van der Waals surface area contributed by atoms with Crippen molar-refractivity contribution in [3.05, 3.63) is 83.3 Å². The minimum Gasteiger partial charge on any atom is -0.330 e. The van der Waals surface area contributed by atoms with E-state index >= 15 is 0 Å². The Hall–Kier alpha value is -2.26. The van der Waals surface area contributed by atoms with E-state index in [0.29, 0.717) is 6.54 Å². The molecule has 0 saturated carbocycles. The third kappa shape index (κ3) is 6.57. The maximum absolute atomic E-state index is 12.8. The Balaban J connectivity index is 2.06. The van der Waals surface area contributed by atoms with Crippen LogP contribution in [0, 0.1) is 0 Å². The van der Waals surface area contributed by atoms with Crippen LogP contribution in [0.3, 0.4) is 0 Å². The van der Waals surface area contributed by atoms with E-state index in [9.17, 15) is 4.79 Å². The highest BCUT2D eigenvalue weighted by Crippen LogP contribution is 2.21. The quantitative estimate of drug-likeness (QED) is 0.460. The molecule has 136 valence electrons. The van der Waals surface area contributed by atoms with E-state index in [1.54, 1.807) is 17.8 Å². The fourth-order valence-corrected chi connectivity index (χ4v) is 3.19. The topological polar surface area (TPSA) is 20.3 Å². The highest BCUT2D eigenvalue weighted by atomic mass is 32.2. The minimum atomic E-state index is -0.245. The molecule has 0 spiro atoms. The Bertz CT molecular complexity index is 758. The molecular formula is C23H27NOS. The highest BCUT2D eigenvalue weighted by Gasteiger charge is 2.24. The second-order valence-electron chi connectivity index (χ2n) is 7.23. The average molecular weight is 366 g/mol. The molecular weight excluding hydrogens is 338 g/mol. The standard InChI is InChI=1S/C23H27NOS/c1-19(17-20-11-7-5-8-12-20)18-24(23(2,3)4)22(25)15-16-26-21-13-9-6-10-14-21/h5-17H,18H2,1-4H3. The van der Waals surface area contributed by atoms with Gasteiger partial charge >= 0.3 is 0 Å². The zero-order chi connectivity index (χ0) is 19.0. The van der Waals surface area contributed by atoms with Crippen LogP contribution in [0.2, 0.25) is 0 Å². The first-order valence-electron chi connectivity index (χ1n) is 8.78. The normalized spacial score (nSPS) is 12.4. The maximum atomic E-state index is 12.8. The summed E-state index contributed by atoms with van der Waals surface area (Å²) in [6, 6.07) is 20.3. The molecule has 1 amide bonds. The second kappa shape index (κ2) is 9.44. The fraction of sp³-hybridized carbons (Fsp3) is 0.261. The van der Waals surface area contributed by atoms with Gasteiger partial charge in [-0.05, 0) is 50.8 Å². The first-order valence-corrected chi connectivity index (χ1v) is 9.66. The van der Waals surface area contributed by atoms with Crippen molar-refractivity contribution in [2.75, 3.05) is 6.54 Å². The number of thioether (sulfide) groups is 1. The smallest absolute Gasteiger partial charge is 0.247 e. The van der Waals surface area contributed by atoms with Crippen molar-refractivity contribution in [2.45, 2.75) is 38.1 Å². The van der Waals surface area contributed by atoms with Gasteiger partial charge in [0.1, 0.15) is 0 Å². The molecule has 3 heteroatoms. The monoisotopic (exact) mass is 365 g/mol. The van der Waals surface area contributed by atoms with Crippen molar-refractivity contribution in [2.24, 2.45) is 0 Å². The Kier molecular flexibility index (Phi) is 7.28. The lowest BCUT2D eigenvalue weighted by atomic mass is 10.0.